The van der Waals surface area contributed by atoms with Gasteiger partial charge in [-0.05, 0) is 18.2 Å². The van der Waals surface area contributed by atoms with E-state index in [9.17, 15) is 12.8 Å². The summed E-state index contributed by atoms with van der Waals surface area (Å²) in [6.07, 6.45) is 0. The van der Waals surface area contributed by atoms with Gasteiger partial charge >= 0.3 is 10.2 Å². The van der Waals surface area contributed by atoms with Gasteiger partial charge in [-0.1, -0.05) is 15.9 Å². The highest BCUT2D eigenvalue weighted by atomic mass is 79.9. The highest BCUT2D eigenvalue weighted by molar-refractivity contribution is 9.10. The first kappa shape index (κ1) is 12.4. The number of hydrogen-bond donors (Lipinski definition) is 1. The van der Waals surface area contributed by atoms with Crippen molar-refractivity contribution in [2.45, 2.75) is 0 Å². The third kappa shape index (κ3) is 3.15. The molecule has 1 N–H and O–H groups in total. The lowest BCUT2D eigenvalue weighted by Gasteiger charge is -2.13. The van der Waals surface area contributed by atoms with Crippen LogP contribution in [0.25, 0.3) is 0 Å². The average molecular weight is 297 g/mol. The second-order valence-electron chi connectivity index (χ2n) is 3.01. The number of nitrogens with zero attached hydrogens (tertiary/aromatic N) is 1. The van der Waals surface area contributed by atoms with E-state index in [1.165, 1.54) is 32.3 Å². The van der Waals surface area contributed by atoms with E-state index in [2.05, 4.69) is 20.7 Å². The molecular formula is C8H10BrFN2O2S. The van der Waals surface area contributed by atoms with E-state index in [1.54, 1.807) is 0 Å². The third-order valence-corrected chi connectivity index (χ3v) is 3.58. The molecule has 0 aliphatic rings. The number of halogens is 2. The van der Waals surface area contributed by atoms with Crippen molar-refractivity contribution in [2.75, 3.05) is 18.8 Å². The van der Waals surface area contributed by atoms with Crippen molar-refractivity contribution in [3.8, 4) is 0 Å². The standard InChI is InChI=1S/C8H10BrFN2O2S/c1-12(2)15(13,14)11-8-5-6(9)3-4-7(8)10/h3-5,11H,1-2H3. The predicted molar refractivity (Wildman–Crippen MR) is 60.3 cm³/mol. The van der Waals surface area contributed by atoms with Crippen molar-refractivity contribution in [2.24, 2.45) is 0 Å². The smallest absolute Gasteiger partial charge is 0.268 e. The Morgan fingerprint density at radius 1 is 1.40 bits per heavy atom. The normalized spacial score (nSPS) is 11.8. The molecule has 0 aliphatic carbocycles. The zero-order valence-corrected chi connectivity index (χ0v) is 10.6. The van der Waals surface area contributed by atoms with Crippen molar-refractivity contribution in [1.82, 2.24) is 4.31 Å². The first-order valence-corrected chi connectivity index (χ1v) is 6.21. The summed E-state index contributed by atoms with van der Waals surface area (Å²) in [5.41, 5.74) is -0.0851. The fourth-order valence-corrected chi connectivity index (χ4v) is 1.78. The Bertz CT molecular complexity index is 462. The van der Waals surface area contributed by atoms with E-state index in [1.807, 2.05) is 0 Å². The van der Waals surface area contributed by atoms with Crippen LogP contribution >= 0.6 is 15.9 Å². The van der Waals surface area contributed by atoms with Crippen LogP contribution in [0.15, 0.2) is 22.7 Å². The molecule has 0 spiro atoms. The average Bonchev–Trinajstić information content (AvgIpc) is 2.10. The summed E-state index contributed by atoms with van der Waals surface area (Å²) in [6, 6.07) is 4.02. The Morgan fingerprint density at radius 3 is 2.53 bits per heavy atom. The molecule has 0 atom stereocenters. The highest BCUT2D eigenvalue weighted by Crippen LogP contribution is 2.21. The van der Waals surface area contributed by atoms with Crippen molar-refractivity contribution in [3.05, 3.63) is 28.5 Å². The molecule has 0 aromatic heterocycles. The zero-order chi connectivity index (χ0) is 11.6. The molecule has 4 nitrogen and oxygen atoms in total. The summed E-state index contributed by atoms with van der Waals surface area (Å²) >= 11 is 3.13. The third-order valence-electron chi connectivity index (χ3n) is 1.65. The van der Waals surface area contributed by atoms with Gasteiger partial charge in [0.05, 0.1) is 5.69 Å². The van der Waals surface area contributed by atoms with Gasteiger partial charge in [0.25, 0.3) is 0 Å². The summed E-state index contributed by atoms with van der Waals surface area (Å²) in [5, 5.41) is 0. The zero-order valence-electron chi connectivity index (χ0n) is 8.16. The molecule has 0 aliphatic heterocycles. The minimum atomic E-state index is -3.67. The molecule has 0 bridgehead atoms. The Labute approximate surface area is 96.4 Å². The summed E-state index contributed by atoms with van der Waals surface area (Å²) in [6.45, 7) is 0. The molecule has 1 aromatic carbocycles. The minimum absolute atomic E-state index is 0.0851. The summed E-state index contributed by atoms with van der Waals surface area (Å²) < 4.78 is 39.7. The first-order chi connectivity index (χ1) is 6.83. The van der Waals surface area contributed by atoms with Gasteiger partial charge in [0.1, 0.15) is 5.82 Å². The van der Waals surface area contributed by atoms with Crippen molar-refractivity contribution in [3.63, 3.8) is 0 Å². The Kier molecular flexibility index (Phi) is 3.69. The summed E-state index contributed by atoms with van der Waals surface area (Å²) in [7, 11) is -0.949. The molecule has 7 heteroatoms. The van der Waals surface area contributed by atoms with Crippen LogP contribution in [0.5, 0.6) is 0 Å². The largest absolute Gasteiger partial charge is 0.301 e. The highest BCUT2D eigenvalue weighted by Gasteiger charge is 2.15. The monoisotopic (exact) mass is 296 g/mol. The lowest BCUT2D eigenvalue weighted by molar-refractivity contribution is 0.526. The van der Waals surface area contributed by atoms with Crippen LogP contribution in [0.3, 0.4) is 0 Å². The number of rotatable bonds is 3. The van der Waals surface area contributed by atoms with Crippen molar-refractivity contribution >= 4 is 31.8 Å². The van der Waals surface area contributed by atoms with Crippen LogP contribution in [0, 0.1) is 5.82 Å². The molecule has 0 amide bonds. The fraction of sp³-hybridized carbons (Fsp3) is 0.250. The second-order valence-corrected chi connectivity index (χ2v) is 5.81. The van der Waals surface area contributed by atoms with E-state index in [0.29, 0.717) is 4.47 Å². The van der Waals surface area contributed by atoms with Crippen LogP contribution in [-0.2, 0) is 10.2 Å². The molecule has 0 saturated carbocycles. The van der Waals surface area contributed by atoms with Gasteiger partial charge in [0, 0.05) is 18.6 Å². The Hall–Kier alpha value is -0.660. The van der Waals surface area contributed by atoms with Crippen LogP contribution < -0.4 is 4.72 Å². The van der Waals surface area contributed by atoms with Crippen molar-refractivity contribution in [1.29, 1.82) is 0 Å². The van der Waals surface area contributed by atoms with Gasteiger partial charge in [0.15, 0.2) is 0 Å². The molecule has 0 heterocycles. The molecule has 0 radical (unpaired) electrons. The van der Waals surface area contributed by atoms with Gasteiger partial charge in [-0.25, -0.2) is 4.39 Å². The van der Waals surface area contributed by atoms with Crippen LogP contribution in [0.4, 0.5) is 10.1 Å². The van der Waals surface area contributed by atoms with Crippen LogP contribution in [0.2, 0.25) is 0 Å². The molecule has 15 heavy (non-hydrogen) atoms. The SMILES string of the molecule is CN(C)S(=O)(=O)Nc1cc(Br)ccc1F. The number of hydrogen-bond acceptors (Lipinski definition) is 2. The van der Waals surface area contributed by atoms with Gasteiger partial charge < -0.3 is 0 Å². The maximum atomic E-state index is 13.2. The molecule has 0 saturated heterocycles. The summed E-state index contributed by atoms with van der Waals surface area (Å²) in [4.78, 5) is 0. The fourth-order valence-electron chi connectivity index (χ4n) is 0.806. The molecular weight excluding hydrogens is 287 g/mol. The van der Waals surface area contributed by atoms with Crippen LogP contribution in [-0.4, -0.2) is 26.8 Å². The van der Waals surface area contributed by atoms with Gasteiger partial charge in [-0.15, -0.1) is 0 Å². The lowest BCUT2D eigenvalue weighted by atomic mass is 10.3. The minimum Gasteiger partial charge on any atom is -0.268 e. The lowest BCUT2D eigenvalue weighted by Crippen LogP contribution is -2.29. The number of anilines is 1. The molecule has 0 fully saturated rings. The summed E-state index contributed by atoms with van der Waals surface area (Å²) in [5.74, 6) is -0.622. The quantitative estimate of drug-likeness (QED) is 0.925. The Morgan fingerprint density at radius 2 is 2.00 bits per heavy atom. The number of benzene rings is 1. The predicted octanol–water partition coefficient (Wildman–Crippen LogP) is 1.81. The molecule has 84 valence electrons. The van der Waals surface area contributed by atoms with E-state index in [4.69, 9.17) is 0 Å². The van der Waals surface area contributed by atoms with Crippen molar-refractivity contribution < 1.29 is 12.8 Å². The van der Waals surface area contributed by atoms with E-state index >= 15 is 0 Å². The van der Waals surface area contributed by atoms with E-state index in [0.717, 1.165) is 4.31 Å². The van der Waals surface area contributed by atoms with Gasteiger partial charge in [-0.2, -0.15) is 12.7 Å². The molecule has 0 unspecified atom stereocenters. The van der Waals surface area contributed by atoms with Crippen LogP contribution in [0.1, 0.15) is 0 Å². The van der Waals surface area contributed by atoms with Gasteiger partial charge in [0.2, 0.25) is 0 Å². The topological polar surface area (TPSA) is 49.4 Å². The van der Waals surface area contributed by atoms with E-state index < -0.39 is 16.0 Å². The van der Waals surface area contributed by atoms with E-state index in [-0.39, 0.29) is 5.69 Å². The first-order valence-electron chi connectivity index (χ1n) is 3.98. The van der Waals surface area contributed by atoms with Gasteiger partial charge in [-0.3, -0.25) is 4.72 Å². The molecule has 1 rings (SSSR count). The number of nitrogens with one attached hydrogen (secondary N) is 1. The second kappa shape index (κ2) is 4.46. The molecule has 1 aromatic rings. The Balaban J connectivity index is 3.05. The maximum absolute atomic E-state index is 13.2. The maximum Gasteiger partial charge on any atom is 0.301 e.